The lowest BCUT2D eigenvalue weighted by Crippen LogP contribution is -1.96. The molecule has 0 spiro atoms. The Kier molecular flexibility index (Phi) is 2.00. The summed E-state index contributed by atoms with van der Waals surface area (Å²) in [5.74, 6) is 0.705. The maximum atomic E-state index is 4.15. The lowest BCUT2D eigenvalue weighted by Gasteiger charge is -1.99. The van der Waals surface area contributed by atoms with Crippen LogP contribution in [0, 0.1) is 0 Å². The molecule has 2 aromatic heterocycles. The maximum Gasteiger partial charge on any atom is 0.203 e. The summed E-state index contributed by atoms with van der Waals surface area (Å²) in [6.07, 6.45) is 3.55. The molecule has 0 fully saturated rings. The normalized spacial score (nSPS) is 10.5. The predicted molar refractivity (Wildman–Crippen MR) is 58.9 cm³/mol. The molecule has 0 radical (unpaired) electrons. The molecular weight excluding hydrogens is 202 g/mol. The molecule has 16 heavy (non-hydrogen) atoms. The van der Waals surface area contributed by atoms with Gasteiger partial charge in [0.25, 0.3) is 0 Å². The lowest BCUT2D eigenvalue weighted by atomic mass is 10.1. The lowest BCUT2D eigenvalue weighted by molar-refractivity contribution is 0.829. The molecule has 3 rings (SSSR count). The van der Waals surface area contributed by atoms with Gasteiger partial charge in [0.2, 0.25) is 5.82 Å². The molecule has 0 saturated carbocycles. The number of hydrogen-bond acceptors (Lipinski definition) is 3. The van der Waals surface area contributed by atoms with E-state index in [1.54, 1.807) is 10.9 Å². The Bertz CT molecular complexity index is 567. The predicted octanol–water partition coefficient (Wildman–Crippen LogP) is 1.66. The molecule has 0 aliphatic carbocycles. The second kappa shape index (κ2) is 3.62. The molecule has 0 aliphatic heterocycles. The van der Waals surface area contributed by atoms with Crippen LogP contribution in [-0.4, -0.2) is 25.2 Å². The zero-order chi connectivity index (χ0) is 10.8. The number of aromatic amines is 1. The summed E-state index contributed by atoms with van der Waals surface area (Å²) in [4.78, 5) is 0. The zero-order valence-corrected chi connectivity index (χ0v) is 8.41. The second-order valence-electron chi connectivity index (χ2n) is 3.31. The molecule has 0 atom stereocenters. The van der Waals surface area contributed by atoms with Crippen LogP contribution in [-0.2, 0) is 0 Å². The van der Waals surface area contributed by atoms with Gasteiger partial charge in [-0.25, -0.2) is 4.68 Å². The molecular formula is C11H9N5. The highest BCUT2D eigenvalue weighted by atomic mass is 15.4. The van der Waals surface area contributed by atoms with Gasteiger partial charge < -0.3 is 0 Å². The van der Waals surface area contributed by atoms with E-state index in [0.29, 0.717) is 5.82 Å². The number of H-pyrrole nitrogens is 1. The van der Waals surface area contributed by atoms with Crippen molar-refractivity contribution < 1.29 is 0 Å². The first-order valence-corrected chi connectivity index (χ1v) is 4.91. The van der Waals surface area contributed by atoms with Crippen molar-refractivity contribution in [2.45, 2.75) is 0 Å². The van der Waals surface area contributed by atoms with Gasteiger partial charge in [-0.05, 0) is 6.07 Å². The summed E-state index contributed by atoms with van der Waals surface area (Å²) in [7, 11) is 0. The fraction of sp³-hybridized carbons (Fsp3) is 0. The highest BCUT2D eigenvalue weighted by Gasteiger charge is 2.11. The highest BCUT2D eigenvalue weighted by molar-refractivity contribution is 5.65. The minimum absolute atomic E-state index is 0.705. The van der Waals surface area contributed by atoms with Crippen LogP contribution in [0.4, 0.5) is 0 Å². The third kappa shape index (κ3) is 1.38. The van der Waals surface area contributed by atoms with Crippen molar-refractivity contribution >= 4 is 0 Å². The van der Waals surface area contributed by atoms with Gasteiger partial charge in [-0.1, -0.05) is 30.3 Å². The molecule has 0 bridgehead atoms. The Labute approximate surface area is 91.7 Å². The average molecular weight is 211 g/mol. The van der Waals surface area contributed by atoms with Crippen LogP contribution in [0.1, 0.15) is 0 Å². The molecule has 5 heteroatoms. The van der Waals surface area contributed by atoms with Gasteiger partial charge in [0.05, 0.1) is 0 Å². The van der Waals surface area contributed by atoms with Crippen LogP contribution in [0.2, 0.25) is 0 Å². The molecule has 2 heterocycles. The zero-order valence-electron chi connectivity index (χ0n) is 8.41. The van der Waals surface area contributed by atoms with Crippen LogP contribution in [0.5, 0.6) is 0 Å². The molecule has 1 N–H and O–H groups in total. The highest BCUT2D eigenvalue weighted by Crippen LogP contribution is 2.20. The van der Waals surface area contributed by atoms with Crippen molar-refractivity contribution in [2.75, 3.05) is 0 Å². The van der Waals surface area contributed by atoms with Crippen molar-refractivity contribution in [1.82, 2.24) is 25.2 Å². The van der Waals surface area contributed by atoms with Gasteiger partial charge in [-0.15, -0.1) is 5.10 Å². The van der Waals surface area contributed by atoms with Crippen molar-refractivity contribution in [3.05, 3.63) is 48.8 Å². The number of hydrogen-bond donors (Lipinski definition) is 1. The molecule has 1 aromatic carbocycles. The van der Waals surface area contributed by atoms with E-state index in [0.717, 1.165) is 11.3 Å². The SMILES string of the molecule is c1ccc(-c2n[nH]nc2-n2cccn2)cc1. The third-order valence-corrected chi connectivity index (χ3v) is 2.30. The number of nitrogens with one attached hydrogen (secondary N) is 1. The Morgan fingerprint density at radius 2 is 1.88 bits per heavy atom. The standard InChI is InChI=1S/C11H9N5/c1-2-5-9(6-3-1)10-11(14-15-13-10)16-8-4-7-12-16/h1-8H,(H,13,14,15). The first-order valence-electron chi connectivity index (χ1n) is 4.91. The maximum absolute atomic E-state index is 4.15. The monoisotopic (exact) mass is 211 g/mol. The van der Waals surface area contributed by atoms with Gasteiger partial charge in [0, 0.05) is 18.0 Å². The fourth-order valence-electron chi connectivity index (χ4n) is 1.57. The van der Waals surface area contributed by atoms with E-state index < -0.39 is 0 Å². The summed E-state index contributed by atoms with van der Waals surface area (Å²) in [6.45, 7) is 0. The van der Waals surface area contributed by atoms with Crippen LogP contribution in [0.25, 0.3) is 17.1 Å². The Morgan fingerprint density at radius 3 is 2.62 bits per heavy atom. The largest absolute Gasteiger partial charge is 0.219 e. The van der Waals surface area contributed by atoms with Gasteiger partial charge >= 0.3 is 0 Å². The minimum atomic E-state index is 0.705. The van der Waals surface area contributed by atoms with E-state index in [9.17, 15) is 0 Å². The number of rotatable bonds is 2. The van der Waals surface area contributed by atoms with Crippen molar-refractivity contribution in [3.8, 4) is 17.1 Å². The van der Waals surface area contributed by atoms with Crippen LogP contribution in [0.3, 0.4) is 0 Å². The number of nitrogens with zero attached hydrogens (tertiary/aromatic N) is 4. The number of benzene rings is 1. The number of aromatic nitrogens is 5. The van der Waals surface area contributed by atoms with Gasteiger partial charge in [0.15, 0.2) is 0 Å². The van der Waals surface area contributed by atoms with E-state index in [1.807, 2.05) is 42.6 Å². The Balaban J connectivity index is 2.14. The molecule has 3 aromatic rings. The van der Waals surface area contributed by atoms with Crippen LogP contribution in [0.15, 0.2) is 48.8 Å². The topological polar surface area (TPSA) is 59.4 Å². The fourth-order valence-corrected chi connectivity index (χ4v) is 1.57. The third-order valence-electron chi connectivity index (χ3n) is 2.30. The average Bonchev–Trinajstić information content (AvgIpc) is 3.01. The van der Waals surface area contributed by atoms with Crippen LogP contribution < -0.4 is 0 Å². The van der Waals surface area contributed by atoms with Crippen LogP contribution >= 0.6 is 0 Å². The second-order valence-corrected chi connectivity index (χ2v) is 3.31. The van der Waals surface area contributed by atoms with Gasteiger partial charge in [-0.2, -0.15) is 15.4 Å². The summed E-state index contributed by atoms with van der Waals surface area (Å²) < 4.78 is 1.69. The van der Waals surface area contributed by atoms with E-state index in [1.165, 1.54) is 0 Å². The summed E-state index contributed by atoms with van der Waals surface area (Å²) in [5.41, 5.74) is 1.81. The van der Waals surface area contributed by atoms with E-state index in [-0.39, 0.29) is 0 Å². The molecule has 0 unspecified atom stereocenters. The summed E-state index contributed by atoms with van der Waals surface area (Å²) >= 11 is 0. The minimum Gasteiger partial charge on any atom is -0.219 e. The smallest absolute Gasteiger partial charge is 0.203 e. The first-order chi connectivity index (χ1) is 7.95. The molecule has 5 nitrogen and oxygen atoms in total. The van der Waals surface area contributed by atoms with Crippen molar-refractivity contribution in [2.24, 2.45) is 0 Å². The molecule has 78 valence electrons. The van der Waals surface area contributed by atoms with Gasteiger partial charge in [0.1, 0.15) is 5.69 Å². The summed E-state index contributed by atoms with van der Waals surface area (Å²) in [6, 6.07) is 11.7. The van der Waals surface area contributed by atoms with E-state index >= 15 is 0 Å². The summed E-state index contributed by atoms with van der Waals surface area (Å²) in [5, 5.41) is 15.0. The molecule has 0 saturated heterocycles. The molecule has 0 aliphatic rings. The van der Waals surface area contributed by atoms with Crippen molar-refractivity contribution in [3.63, 3.8) is 0 Å². The quantitative estimate of drug-likeness (QED) is 0.701. The first kappa shape index (κ1) is 8.84. The van der Waals surface area contributed by atoms with Gasteiger partial charge in [-0.3, -0.25) is 0 Å². The van der Waals surface area contributed by atoms with E-state index in [4.69, 9.17) is 0 Å². The molecule has 0 amide bonds. The Morgan fingerprint density at radius 1 is 1.00 bits per heavy atom. The van der Waals surface area contributed by atoms with Crippen molar-refractivity contribution in [1.29, 1.82) is 0 Å². The van der Waals surface area contributed by atoms with E-state index in [2.05, 4.69) is 20.5 Å². The Hall–Kier alpha value is -2.43.